The smallest absolute Gasteiger partial charge is 0.215 e. The maximum atomic E-state index is 9.25. The molecule has 1 aliphatic heterocycles. The highest BCUT2D eigenvalue weighted by molar-refractivity contribution is 5.85. The van der Waals surface area contributed by atoms with Crippen LogP contribution in [0.15, 0.2) is 30.3 Å². The molecule has 21 heavy (non-hydrogen) atoms. The highest BCUT2D eigenvalue weighted by Crippen LogP contribution is 2.22. The number of aromatic nitrogens is 1. The van der Waals surface area contributed by atoms with Crippen LogP contribution < -0.4 is 10.1 Å². The van der Waals surface area contributed by atoms with Gasteiger partial charge in [-0.05, 0) is 44.3 Å². The lowest BCUT2D eigenvalue weighted by Gasteiger charge is -2.22. The van der Waals surface area contributed by atoms with E-state index in [0.717, 1.165) is 30.4 Å². The number of hydrogen-bond donors (Lipinski definition) is 1. The van der Waals surface area contributed by atoms with Gasteiger partial charge in [0.15, 0.2) is 0 Å². The summed E-state index contributed by atoms with van der Waals surface area (Å²) in [6.45, 7) is 2.87. The minimum Gasteiger partial charge on any atom is -0.478 e. The van der Waals surface area contributed by atoms with Crippen LogP contribution in [0.4, 0.5) is 0 Å². The number of para-hydroxylation sites is 1. The van der Waals surface area contributed by atoms with E-state index < -0.39 is 0 Å². The van der Waals surface area contributed by atoms with Crippen LogP contribution in [0.3, 0.4) is 0 Å². The van der Waals surface area contributed by atoms with Crippen molar-refractivity contribution in [3.63, 3.8) is 0 Å². The van der Waals surface area contributed by atoms with Gasteiger partial charge in [0, 0.05) is 11.5 Å². The van der Waals surface area contributed by atoms with Gasteiger partial charge < -0.3 is 10.1 Å². The topological polar surface area (TPSA) is 57.9 Å². The van der Waals surface area contributed by atoms with Gasteiger partial charge >= 0.3 is 0 Å². The molecule has 2 aromatic rings. The fourth-order valence-corrected chi connectivity index (χ4v) is 2.82. The van der Waals surface area contributed by atoms with E-state index in [1.807, 2.05) is 24.3 Å². The Hall–Kier alpha value is -2.12. The Labute approximate surface area is 124 Å². The molecule has 1 aromatic heterocycles. The van der Waals surface area contributed by atoms with Crippen LogP contribution in [0.2, 0.25) is 0 Å². The number of rotatable bonds is 4. The molecular formula is C17H19N3O. The zero-order valence-corrected chi connectivity index (χ0v) is 12.0. The lowest BCUT2D eigenvalue weighted by Crippen LogP contribution is -2.30. The quantitative estimate of drug-likeness (QED) is 0.936. The molecule has 0 saturated carbocycles. The summed E-state index contributed by atoms with van der Waals surface area (Å²) in [6, 6.07) is 11.6. The molecule has 0 spiro atoms. The van der Waals surface area contributed by atoms with Crippen LogP contribution in [0.25, 0.3) is 10.9 Å². The molecule has 4 heteroatoms. The predicted octanol–water partition coefficient (Wildman–Crippen LogP) is 2.87. The van der Waals surface area contributed by atoms with Crippen molar-refractivity contribution in [2.75, 3.05) is 19.7 Å². The lowest BCUT2D eigenvalue weighted by molar-refractivity contribution is 0.248. The van der Waals surface area contributed by atoms with Crippen molar-refractivity contribution in [3.05, 3.63) is 35.9 Å². The van der Waals surface area contributed by atoms with E-state index in [2.05, 4.69) is 16.4 Å². The SMILES string of the molecule is N#Cc1cc(OCCC2CCCNC2)nc2ccccc12. The molecule has 108 valence electrons. The molecule has 1 N–H and O–H groups in total. The number of piperidine rings is 1. The first kappa shape index (κ1) is 13.8. The summed E-state index contributed by atoms with van der Waals surface area (Å²) >= 11 is 0. The van der Waals surface area contributed by atoms with E-state index in [4.69, 9.17) is 4.74 Å². The Kier molecular flexibility index (Phi) is 4.32. The second-order valence-corrected chi connectivity index (χ2v) is 5.49. The number of nitriles is 1. The standard InChI is InChI=1S/C17H19N3O/c18-11-14-10-17(20-16-6-2-1-5-15(14)16)21-9-7-13-4-3-8-19-12-13/h1-2,5-6,10,13,19H,3-4,7-9,12H2. The minimum atomic E-state index is 0.550. The van der Waals surface area contributed by atoms with E-state index >= 15 is 0 Å². The fourth-order valence-electron chi connectivity index (χ4n) is 2.82. The van der Waals surface area contributed by atoms with Crippen LogP contribution in [0.5, 0.6) is 5.88 Å². The summed E-state index contributed by atoms with van der Waals surface area (Å²) in [5.41, 5.74) is 1.43. The first-order valence-electron chi connectivity index (χ1n) is 7.50. The maximum absolute atomic E-state index is 9.25. The summed E-state index contributed by atoms with van der Waals surface area (Å²) in [5.74, 6) is 1.24. The Morgan fingerprint density at radius 3 is 3.10 bits per heavy atom. The molecule has 3 rings (SSSR count). The summed E-state index contributed by atoms with van der Waals surface area (Å²) in [7, 11) is 0. The number of benzene rings is 1. The summed E-state index contributed by atoms with van der Waals surface area (Å²) in [4.78, 5) is 4.48. The minimum absolute atomic E-state index is 0.550. The Morgan fingerprint density at radius 1 is 1.38 bits per heavy atom. The molecule has 1 aromatic carbocycles. The second kappa shape index (κ2) is 6.55. The number of pyridine rings is 1. The molecular weight excluding hydrogens is 262 g/mol. The first-order chi connectivity index (χ1) is 10.4. The van der Waals surface area contributed by atoms with E-state index in [0.29, 0.717) is 24.0 Å². The molecule has 0 bridgehead atoms. The van der Waals surface area contributed by atoms with Gasteiger partial charge in [-0.3, -0.25) is 0 Å². The molecule has 1 fully saturated rings. The summed E-state index contributed by atoms with van der Waals surface area (Å²) in [6.07, 6.45) is 3.55. The number of nitrogens with zero attached hydrogens (tertiary/aromatic N) is 2. The van der Waals surface area contributed by atoms with E-state index in [-0.39, 0.29) is 0 Å². The first-order valence-corrected chi connectivity index (χ1v) is 7.50. The zero-order valence-electron chi connectivity index (χ0n) is 12.0. The zero-order chi connectivity index (χ0) is 14.5. The highest BCUT2D eigenvalue weighted by Gasteiger charge is 2.13. The molecule has 0 aliphatic carbocycles. The second-order valence-electron chi connectivity index (χ2n) is 5.49. The highest BCUT2D eigenvalue weighted by atomic mass is 16.5. The number of fused-ring (bicyclic) bond motifs is 1. The normalized spacial score (nSPS) is 18.3. The Bertz CT molecular complexity index is 657. The van der Waals surface area contributed by atoms with Crippen molar-refractivity contribution >= 4 is 10.9 Å². The van der Waals surface area contributed by atoms with Gasteiger partial charge in [0.1, 0.15) is 6.07 Å². The molecule has 1 aliphatic rings. The predicted molar refractivity (Wildman–Crippen MR) is 82.2 cm³/mol. The van der Waals surface area contributed by atoms with Crippen LogP contribution in [0.1, 0.15) is 24.8 Å². The van der Waals surface area contributed by atoms with E-state index in [1.165, 1.54) is 12.8 Å². The summed E-state index contributed by atoms with van der Waals surface area (Å²) < 4.78 is 5.77. The molecule has 1 atom stereocenters. The average Bonchev–Trinajstić information content (AvgIpc) is 2.55. The Balaban J connectivity index is 1.68. The molecule has 1 unspecified atom stereocenters. The van der Waals surface area contributed by atoms with Gasteiger partial charge in [0.25, 0.3) is 0 Å². The number of hydrogen-bond acceptors (Lipinski definition) is 4. The molecule has 1 saturated heterocycles. The monoisotopic (exact) mass is 281 g/mol. The van der Waals surface area contributed by atoms with Crippen molar-refractivity contribution in [1.29, 1.82) is 5.26 Å². The van der Waals surface area contributed by atoms with Crippen LogP contribution in [-0.2, 0) is 0 Å². The van der Waals surface area contributed by atoms with Crippen LogP contribution in [0, 0.1) is 17.2 Å². The van der Waals surface area contributed by atoms with Crippen molar-refractivity contribution in [2.24, 2.45) is 5.92 Å². The van der Waals surface area contributed by atoms with Gasteiger partial charge in [0.2, 0.25) is 5.88 Å². The molecule has 0 radical (unpaired) electrons. The van der Waals surface area contributed by atoms with Crippen molar-refractivity contribution < 1.29 is 4.74 Å². The van der Waals surface area contributed by atoms with Crippen molar-refractivity contribution in [1.82, 2.24) is 10.3 Å². The van der Waals surface area contributed by atoms with E-state index in [1.54, 1.807) is 6.07 Å². The van der Waals surface area contributed by atoms with Gasteiger partial charge in [-0.1, -0.05) is 18.2 Å². The third-order valence-corrected chi connectivity index (χ3v) is 3.99. The van der Waals surface area contributed by atoms with Crippen molar-refractivity contribution in [3.8, 4) is 11.9 Å². The van der Waals surface area contributed by atoms with Crippen LogP contribution >= 0.6 is 0 Å². The Morgan fingerprint density at radius 2 is 2.29 bits per heavy atom. The third-order valence-electron chi connectivity index (χ3n) is 3.99. The average molecular weight is 281 g/mol. The fraction of sp³-hybridized carbons (Fsp3) is 0.412. The molecule has 4 nitrogen and oxygen atoms in total. The third kappa shape index (κ3) is 3.32. The summed E-state index contributed by atoms with van der Waals surface area (Å²) in [5, 5.41) is 13.5. The molecule has 2 heterocycles. The van der Waals surface area contributed by atoms with Crippen LogP contribution in [-0.4, -0.2) is 24.7 Å². The molecule has 0 amide bonds. The lowest BCUT2D eigenvalue weighted by atomic mass is 9.97. The number of nitrogens with one attached hydrogen (secondary N) is 1. The largest absolute Gasteiger partial charge is 0.478 e. The maximum Gasteiger partial charge on any atom is 0.215 e. The number of ether oxygens (including phenoxy) is 1. The van der Waals surface area contributed by atoms with Gasteiger partial charge in [-0.2, -0.15) is 5.26 Å². The van der Waals surface area contributed by atoms with Crippen molar-refractivity contribution in [2.45, 2.75) is 19.3 Å². The van der Waals surface area contributed by atoms with E-state index in [9.17, 15) is 5.26 Å². The van der Waals surface area contributed by atoms with Gasteiger partial charge in [-0.25, -0.2) is 4.98 Å². The van der Waals surface area contributed by atoms with Gasteiger partial charge in [0.05, 0.1) is 17.7 Å². The van der Waals surface area contributed by atoms with Gasteiger partial charge in [-0.15, -0.1) is 0 Å².